The van der Waals surface area contributed by atoms with Crippen LogP contribution in [0.15, 0.2) is 55.0 Å². The minimum absolute atomic E-state index is 0.212. The van der Waals surface area contributed by atoms with Crippen LogP contribution in [0.2, 0.25) is 0 Å². The molecule has 3 aromatic heterocycles. The van der Waals surface area contributed by atoms with Gasteiger partial charge in [-0.05, 0) is 55.8 Å². The van der Waals surface area contributed by atoms with Crippen LogP contribution >= 0.6 is 0 Å². The van der Waals surface area contributed by atoms with Gasteiger partial charge in [-0.3, -0.25) is 4.98 Å². The van der Waals surface area contributed by atoms with Crippen LogP contribution in [0.5, 0.6) is 0 Å². The van der Waals surface area contributed by atoms with E-state index in [1.807, 2.05) is 41.8 Å². The number of aromatic nitrogens is 4. The average molecular weight is 318 g/mol. The topological polar surface area (TPSA) is 43.1 Å². The molecule has 118 valence electrons. The van der Waals surface area contributed by atoms with Crippen LogP contribution in [0.1, 0.15) is 11.3 Å². The van der Waals surface area contributed by atoms with Crippen LogP contribution in [0.25, 0.3) is 28.0 Å². The molecule has 0 bridgehead atoms. The quantitative estimate of drug-likeness (QED) is 0.556. The molecule has 0 aliphatic heterocycles. The second-order valence-electron chi connectivity index (χ2n) is 5.73. The fraction of sp³-hybridized carbons (Fsp3) is 0.105. The van der Waals surface area contributed by atoms with Crippen molar-refractivity contribution in [2.45, 2.75) is 13.8 Å². The highest BCUT2D eigenvalue weighted by molar-refractivity contribution is 5.82. The van der Waals surface area contributed by atoms with E-state index in [0.717, 1.165) is 33.7 Å². The van der Waals surface area contributed by atoms with E-state index in [-0.39, 0.29) is 5.82 Å². The predicted molar refractivity (Wildman–Crippen MR) is 91.1 cm³/mol. The molecule has 0 spiro atoms. The maximum Gasteiger partial charge on any atom is 0.155 e. The molecule has 0 amide bonds. The summed E-state index contributed by atoms with van der Waals surface area (Å²) in [5.41, 5.74) is 6.12. The Labute approximate surface area is 138 Å². The summed E-state index contributed by atoms with van der Waals surface area (Å²) in [6, 6.07) is 12.9. The van der Waals surface area contributed by atoms with Crippen molar-refractivity contribution in [2.75, 3.05) is 0 Å². The molecule has 5 heteroatoms. The lowest BCUT2D eigenvalue weighted by Gasteiger charge is -2.12. The molecule has 4 rings (SSSR count). The first kappa shape index (κ1) is 14.5. The van der Waals surface area contributed by atoms with Crippen LogP contribution in [0.3, 0.4) is 0 Å². The smallest absolute Gasteiger partial charge is 0.155 e. The standard InChI is InChI=1S/C19H15FN4/c1-12-10-14(5-7-17(12)20)19-16(4-3-9-21-19)15-6-8-18-22-11-23-24(18)13(15)2/h3-11H,1-2H3. The first-order chi connectivity index (χ1) is 11.6. The number of hydrogen-bond acceptors (Lipinski definition) is 3. The van der Waals surface area contributed by atoms with Gasteiger partial charge in [-0.25, -0.2) is 13.9 Å². The number of fused-ring (bicyclic) bond motifs is 1. The summed E-state index contributed by atoms with van der Waals surface area (Å²) in [6.07, 6.45) is 3.29. The van der Waals surface area contributed by atoms with Gasteiger partial charge in [0.15, 0.2) is 5.65 Å². The minimum atomic E-state index is -0.212. The van der Waals surface area contributed by atoms with E-state index in [0.29, 0.717) is 5.56 Å². The summed E-state index contributed by atoms with van der Waals surface area (Å²) in [7, 11) is 0. The first-order valence-electron chi connectivity index (χ1n) is 7.66. The highest BCUT2D eigenvalue weighted by atomic mass is 19.1. The van der Waals surface area contributed by atoms with Gasteiger partial charge in [0, 0.05) is 28.6 Å². The van der Waals surface area contributed by atoms with E-state index >= 15 is 0 Å². The zero-order chi connectivity index (χ0) is 16.7. The Bertz CT molecular complexity index is 1050. The van der Waals surface area contributed by atoms with Crippen molar-refractivity contribution in [3.8, 4) is 22.4 Å². The molecular weight excluding hydrogens is 303 g/mol. The lowest BCUT2D eigenvalue weighted by Crippen LogP contribution is -1.98. The van der Waals surface area contributed by atoms with Crippen molar-refractivity contribution in [1.29, 1.82) is 0 Å². The number of nitrogens with zero attached hydrogens (tertiary/aromatic N) is 4. The van der Waals surface area contributed by atoms with Crippen molar-refractivity contribution in [2.24, 2.45) is 0 Å². The predicted octanol–water partition coefficient (Wildman–Crippen LogP) is 4.21. The summed E-state index contributed by atoms with van der Waals surface area (Å²) in [6.45, 7) is 3.76. The normalized spacial score (nSPS) is 11.1. The Morgan fingerprint density at radius 1 is 0.958 bits per heavy atom. The Balaban J connectivity index is 1.95. The molecule has 0 aliphatic rings. The number of rotatable bonds is 2. The number of hydrogen-bond donors (Lipinski definition) is 0. The van der Waals surface area contributed by atoms with Gasteiger partial charge in [0.2, 0.25) is 0 Å². The average Bonchev–Trinajstić information content (AvgIpc) is 3.07. The summed E-state index contributed by atoms with van der Waals surface area (Å²) in [5, 5.41) is 4.27. The van der Waals surface area contributed by atoms with E-state index in [1.165, 1.54) is 6.07 Å². The highest BCUT2D eigenvalue weighted by Crippen LogP contribution is 2.32. The van der Waals surface area contributed by atoms with E-state index in [9.17, 15) is 4.39 Å². The summed E-state index contributed by atoms with van der Waals surface area (Å²) < 4.78 is 15.4. The Hall–Kier alpha value is -3.08. The fourth-order valence-electron chi connectivity index (χ4n) is 2.94. The zero-order valence-electron chi connectivity index (χ0n) is 13.4. The van der Waals surface area contributed by atoms with Crippen molar-refractivity contribution in [1.82, 2.24) is 19.6 Å². The second-order valence-corrected chi connectivity index (χ2v) is 5.73. The number of pyridine rings is 2. The number of halogens is 1. The van der Waals surface area contributed by atoms with Gasteiger partial charge in [-0.1, -0.05) is 6.07 Å². The van der Waals surface area contributed by atoms with Crippen LogP contribution < -0.4 is 0 Å². The molecule has 0 saturated heterocycles. The largest absolute Gasteiger partial charge is 0.256 e. The van der Waals surface area contributed by atoms with Crippen molar-refractivity contribution < 1.29 is 4.39 Å². The Morgan fingerprint density at radius 2 is 1.83 bits per heavy atom. The molecule has 0 unspecified atom stereocenters. The van der Waals surface area contributed by atoms with Crippen molar-refractivity contribution in [3.05, 3.63) is 72.1 Å². The molecule has 0 saturated carbocycles. The molecule has 1 aromatic carbocycles. The molecule has 3 heterocycles. The summed E-state index contributed by atoms with van der Waals surface area (Å²) in [5.74, 6) is -0.212. The molecule has 0 aliphatic carbocycles. The van der Waals surface area contributed by atoms with Gasteiger partial charge >= 0.3 is 0 Å². The fourth-order valence-corrected chi connectivity index (χ4v) is 2.94. The van der Waals surface area contributed by atoms with Crippen LogP contribution in [-0.4, -0.2) is 19.6 Å². The molecule has 4 nitrogen and oxygen atoms in total. The van der Waals surface area contributed by atoms with Gasteiger partial charge in [-0.2, -0.15) is 5.10 Å². The van der Waals surface area contributed by atoms with Crippen LogP contribution in [-0.2, 0) is 0 Å². The Morgan fingerprint density at radius 3 is 2.67 bits per heavy atom. The maximum absolute atomic E-state index is 13.6. The number of benzene rings is 1. The zero-order valence-corrected chi connectivity index (χ0v) is 13.4. The van der Waals surface area contributed by atoms with Gasteiger partial charge in [-0.15, -0.1) is 0 Å². The summed E-state index contributed by atoms with van der Waals surface area (Å²) in [4.78, 5) is 8.75. The van der Waals surface area contributed by atoms with Gasteiger partial charge < -0.3 is 0 Å². The second kappa shape index (κ2) is 5.53. The van der Waals surface area contributed by atoms with Crippen molar-refractivity contribution >= 4 is 5.65 Å². The number of aryl methyl sites for hydroxylation is 2. The van der Waals surface area contributed by atoms with Crippen LogP contribution in [0, 0.1) is 19.7 Å². The third-order valence-corrected chi connectivity index (χ3v) is 4.21. The summed E-state index contributed by atoms with van der Waals surface area (Å²) >= 11 is 0. The lowest BCUT2D eigenvalue weighted by molar-refractivity contribution is 0.619. The molecule has 0 atom stereocenters. The third kappa shape index (κ3) is 2.25. The molecule has 0 N–H and O–H groups in total. The van der Waals surface area contributed by atoms with Gasteiger partial charge in [0.1, 0.15) is 12.1 Å². The monoisotopic (exact) mass is 318 g/mol. The first-order valence-corrected chi connectivity index (χ1v) is 7.66. The van der Waals surface area contributed by atoms with E-state index in [4.69, 9.17) is 0 Å². The molecule has 0 radical (unpaired) electrons. The highest BCUT2D eigenvalue weighted by Gasteiger charge is 2.14. The molecule has 0 fully saturated rings. The van der Waals surface area contributed by atoms with E-state index in [1.54, 1.807) is 25.5 Å². The molecule has 24 heavy (non-hydrogen) atoms. The van der Waals surface area contributed by atoms with E-state index in [2.05, 4.69) is 15.1 Å². The van der Waals surface area contributed by atoms with Crippen LogP contribution in [0.4, 0.5) is 4.39 Å². The SMILES string of the molecule is Cc1cc(-c2ncccc2-c2ccc3ncnn3c2C)ccc1F. The third-order valence-electron chi connectivity index (χ3n) is 4.21. The van der Waals surface area contributed by atoms with Gasteiger partial charge in [0.05, 0.1) is 5.69 Å². The van der Waals surface area contributed by atoms with E-state index < -0.39 is 0 Å². The van der Waals surface area contributed by atoms with Gasteiger partial charge in [0.25, 0.3) is 0 Å². The minimum Gasteiger partial charge on any atom is -0.256 e. The molecular formula is C19H15FN4. The van der Waals surface area contributed by atoms with Crippen molar-refractivity contribution in [3.63, 3.8) is 0 Å². The maximum atomic E-state index is 13.6. The molecule has 4 aromatic rings. The lowest BCUT2D eigenvalue weighted by atomic mass is 9.97. The Kier molecular flexibility index (Phi) is 3.34.